The molecule has 1 atom stereocenters. The maximum atomic E-state index is 13.5. The molecule has 1 amide bonds. The van der Waals surface area contributed by atoms with Crippen LogP contribution in [0, 0.1) is 0 Å². The van der Waals surface area contributed by atoms with Gasteiger partial charge in [-0.3, -0.25) is 4.79 Å². The van der Waals surface area contributed by atoms with Crippen LogP contribution in [-0.4, -0.2) is 30.3 Å². The average Bonchev–Trinajstić information content (AvgIpc) is 3.15. The Bertz CT molecular complexity index is 1140. The number of halogens is 1. The minimum absolute atomic E-state index is 0.0873. The molecular weight excluding hydrogens is 442 g/mol. The van der Waals surface area contributed by atoms with E-state index in [2.05, 4.69) is 20.5 Å². The largest absolute Gasteiger partial charge is 0.348 e. The van der Waals surface area contributed by atoms with Crippen molar-refractivity contribution in [2.45, 2.75) is 17.5 Å². The van der Waals surface area contributed by atoms with Crippen LogP contribution in [0.15, 0.2) is 76.2 Å². The van der Waals surface area contributed by atoms with E-state index in [1.165, 1.54) is 18.2 Å². The molecule has 0 saturated heterocycles. The molecule has 1 unspecified atom stereocenters. The van der Waals surface area contributed by atoms with Crippen molar-refractivity contribution < 1.29 is 13.2 Å². The Morgan fingerprint density at radius 1 is 1.04 bits per heavy atom. The van der Waals surface area contributed by atoms with Gasteiger partial charge in [-0.05, 0) is 51.8 Å². The van der Waals surface area contributed by atoms with E-state index in [1.807, 2.05) is 48.7 Å². The lowest BCUT2D eigenvalue weighted by atomic mass is 9.99. The molecule has 2 heterocycles. The lowest BCUT2D eigenvalue weighted by Crippen LogP contribution is -2.42. The number of sulfonamides is 1. The molecule has 8 heteroatoms. The molecule has 1 aliphatic heterocycles. The van der Waals surface area contributed by atoms with Gasteiger partial charge in [-0.25, -0.2) is 13.6 Å². The van der Waals surface area contributed by atoms with Crippen LogP contribution < -0.4 is 5.14 Å². The molecule has 28 heavy (non-hydrogen) atoms. The summed E-state index contributed by atoms with van der Waals surface area (Å²) in [6.07, 6.45) is 2.00. The molecule has 0 radical (unpaired) electrons. The van der Waals surface area contributed by atoms with Gasteiger partial charge in [-0.15, -0.1) is 0 Å². The Morgan fingerprint density at radius 3 is 2.50 bits per heavy atom. The maximum absolute atomic E-state index is 13.5. The summed E-state index contributed by atoms with van der Waals surface area (Å²) in [6, 6.07) is 17.8. The van der Waals surface area contributed by atoms with Crippen LogP contribution in [0.1, 0.15) is 27.7 Å². The molecule has 144 valence electrons. The normalized spacial score (nSPS) is 16.6. The van der Waals surface area contributed by atoms with E-state index in [4.69, 9.17) is 5.14 Å². The van der Waals surface area contributed by atoms with Crippen LogP contribution >= 0.6 is 15.9 Å². The average molecular weight is 460 g/mol. The van der Waals surface area contributed by atoms with Crippen molar-refractivity contribution in [3.63, 3.8) is 0 Å². The number of carbonyl (C=O) groups is 1. The summed E-state index contributed by atoms with van der Waals surface area (Å²) in [7, 11) is -3.91. The van der Waals surface area contributed by atoms with Crippen LogP contribution in [0.2, 0.25) is 0 Å². The monoisotopic (exact) mass is 459 g/mol. The molecule has 1 aromatic heterocycles. The van der Waals surface area contributed by atoms with Crippen LogP contribution in [0.25, 0.3) is 0 Å². The third kappa shape index (κ3) is 3.39. The molecule has 4 rings (SSSR count). The van der Waals surface area contributed by atoms with Gasteiger partial charge >= 0.3 is 0 Å². The quantitative estimate of drug-likeness (QED) is 0.652. The van der Waals surface area contributed by atoms with Gasteiger partial charge in [0.1, 0.15) is 0 Å². The first-order chi connectivity index (χ1) is 13.4. The number of amides is 1. The van der Waals surface area contributed by atoms with Crippen LogP contribution in [0.3, 0.4) is 0 Å². The molecule has 2 aromatic carbocycles. The summed E-state index contributed by atoms with van der Waals surface area (Å²) in [5, 5.41) is 5.25. The number of aromatic nitrogens is 1. The van der Waals surface area contributed by atoms with E-state index in [1.54, 1.807) is 4.90 Å². The van der Waals surface area contributed by atoms with Gasteiger partial charge in [-0.1, -0.05) is 30.3 Å². The van der Waals surface area contributed by atoms with Crippen molar-refractivity contribution >= 4 is 31.9 Å². The van der Waals surface area contributed by atoms with Crippen LogP contribution in [0.4, 0.5) is 0 Å². The number of fused-ring (bicyclic) bond motifs is 1. The number of hydrogen-bond acceptors (Lipinski definition) is 3. The van der Waals surface area contributed by atoms with Gasteiger partial charge in [0.05, 0.1) is 16.5 Å². The highest BCUT2D eigenvalue weighted by atomic mass is 79.9. The van der Waals surface area contributed by atoms with E-state index in [0.29, 0.717) is 17.6 Å². The SMILES string of the molecule is NS(=O)(=O)c1ccc(Br)c(C(=O)N2CCn3cccc3C2c2ccccc2)c1. The summed E-state index contributed by atoms with van der Waals surface area (Å²) >= 11 is 3.38. The predicted molar refractivity (Wildman–Crippen MR) is 109 cm³/mol. The summed E-state index contributed by atoms with van der Waals surface area (Å²) in [5.74, 6) is -0.251. The highest BCUT2D eigenvalue weighted by Gasteiger charge is 2.33. The minimum Gasteiger partial charge on any atom is -0.348 e. The fourth-order valence-electron chi connectivity index (χ4n) is 3.59. The van der Waals surface area contributed by atoms with E-state index >= 15 is 0 Å². The molecule has 0 saturated carbocycles. The van der Waals surface area contributed by atoms with Crippen molar-refractivity contribution in [3.8, 4) is 0 Å². The minimum atomic E-state index is -3.91. The van der Waals surface area contributed by atoms with Crippen molar-refractivity contribution in [2.24, 2.45) is 5.14 Å². The molecule has 3 aromatic rings. The van der Waals surface area contributed by atoms with Crippen molar-refractivity contribution in [1.29, 1.82) is 0 Å². The maximum Gasteiger partial charge on any atom is 0.255 e. The molecule has 0 aliphatic carbocycles. The number of nitrogens with two attached hydrogens (primary N) is 1. The third-order valence-electron chi connectivity index (χ3n) is 4.91. The molecule has 2 N–H and O–H groups in total. The van der Waals surface area contributed by atoms with Crippen molar-refractivity contribution in [3.05, 3.63) is 88.2 Å². The Morgan fingerprint density at radius 2 is 1.79 bits per heavy atom. The van der Waals surface area contributed by atoms with Crippen molar-refractivity contribution in [2.75, 3.05) is 6.54 Å². The molecule has 6 nitrogen and oxygen atoms in total. The Balaban J connectivity index is 1.81. The topological polar surface area (TPSA) is 85.4 Å². The van der Waals surface area contributed by atoms with Gasteiger partial charge in [0.15, 0.2) is 0 Å². The van der Waals surface area contributed by atoms with Crippen molar-refractivity contribution in [1.82, 2.24) is 9.47 Å². The molecule has 0 bridgehead atoms. The number of rotatable bonds is 3. The van der Waals surface area contributed by atoms with E-state index in [0.717, 1.165) is 11.3 Å². The standard InChI is InChI=1S/C20H18BrN3O3S/c21-17-9-8-15(28(22,26)27)13-16(17)20(25)24-12-11-23-10-4-7-18(23)19(24)14-5-2-1-3-6-14/h1-10,13,19H,11-12H2,(H2,22,26,27). The van der Waals surface area contributed by atoms with Crippen LogP contribution in [-0.2, 0) is 16.6 Å². The lowest BCUT2D eigenvalue weighted by molar-refractivity contribution is 0.0663. The van der Waals surface area contributed by atoms with Gasteiger partial charge in [0.25, 0.3) is 5.91 Å². The lowest BCUT2D eigenvalue weighted by Gasteiger charge is -2.37. The number of primary sulfonamides is 1. The van der Waals surface area contributed by atoms with Gasteiger partial charge in [-0.2, -0.15) is 0 Å². The fourth-order valence-corrected chi connectivity index (χ4v) is 4.54. The number of nitrogens with zero attached hydrogens (tertiary/aromatic N) is 2. The highest BCUT2D eigenvalue weighted by Crippen LogP contribution is 2.34. The summed E-state index contributed by atoms with van der Waals surface area (Å²) in [4.78, 5) is 15.2. The van der Waals surface area contributed by atoms with Gasteiger partial charge in [0.2, 0.25) is 10.0 Å². The van der Waals surface area contributed by atoms with E-state index < -0.39 is 10.0 Å². The molecule has 0 spiro atoms. The number of benzene rings is 2. The second-order valence-corrected chi connectivity index (χ2v) is 9.04. The second-order valence-electron chi connectivity index (χ2n) is 6.62. The second kappa shape index (κ2) is 7.20. The summed E-state index contributed by atoms with van der Waals surface area (Å²) in [5.41, 5.74) is 2.28. The van der Waals surface area contributed by atoms with Gasteiger partial charge in [0, 0.05) is 29.5 Å². The molecular formula is C20H18BrN3O3S. The van der Waals surface area contributed by atoms with Crippen LogP contribution in [0.5, 0.6) is 0 Å². The highest BCUT2D eigenvalue weighted by molar-refractivity contribution is 9.10. The zero-order chi connectivity index (χ0) is 19.9. The predicted octanol–water partition coefficient (Wildman–Crippen LogP) is 3.14. The zero-order valence-corrected chi connectivity index (χ0v) is 17.2. The smallest absolute Gasteiger partial charge is 0.255 e. The third-order valence-corrected chi connectivity index (χ3v) is 6.51. The number of hydrogen-bond donors (Lipinski definition) is 1. The summed E-state index contributed by atoms with van der Waals surface area (Å²) < 4.78 is 26.2. The fraction of sp³-hybridized carbons (Fsp3) is 0.150. The Kier molecular flexibility index (Phi) is 4.86. The Labute approximate surface area is 171 Å². The first-order valence-corrected chi connectivity index (χ1v) is 11.0. The number of carbonyl (C=O) groups excluding carboxylic acids is 1. The van der Waals surface area contributed by atoms with Gasteiger partial charge < -0.3 is 9.47 Å². The zero-order valence-electron chi connectivity index (χ0n) is 14.8. The Hall–Kier alpha value is -2.42. The van der Waals surface area contributed by atoms with E-state index in [9.17, 15) is 13.2 Å². The molecule has 0 fully saturated rings. The molecule has 1 aliphatic rings. The first-order valence-electron chi connectivity index (χ1n) is 8.69. The summed E-state index contributed by atoms with van der Waals surface area (Å²) in [6.45, 7) is 1.18. The van der Waals surface area contributed by atoms with E-state index in [-0.39, 0.29) is 22.4 Å². The first kappa shape index (κ1) is 18.9.